The maximum atomic E-state index is 13.2. The molecule has 0 aliphatic rings. The average molecular weight is 353 g/mol. The van der Waals surface area contributed by atoms with Crippen LogP contribution in [-0.4, -0.2) is 13.3 Å². The molecule has 1 unspecified atom stereocenters. The second-order valence-electron chi connectivity index (χ2n) is 5.50. The minimum absolute atomic E-state index is 0.0762. The number of hydrogen-bond donors (Lipinski definition) is 0. The van der Waals surface area contributed by atoms with Gasteiger partial charge >= 0.3 is 0 Å². The van der Waals surface area contributed by atoms with Gasteiger partial charge in [0.05, 0.1) is 9.82 Å². The van der Waals surface area contributed by atoms with Crippen molar-refractivity contribution in [3.63, 3.8) is 0 Å². The lowest BCUT2D eigenvalue weighted by Crippen LogP contribution is -2.15. The molecule has 0 aliphatic carbocycles. The van der Waals surface area contributed by atoms with Crippen LogP contribution in [0.15, 0.2) is 89.8 Å². The Morgan fingerprint density at radius 2 is 1.20 bits per heavy atom. The number of nitro groups is 1. The summed E-state index contributed by atoms with van der Waals surface area (Å²) in [7, 11) is -3.71. The summed E-state index contributed by atoms with van der Waals surface area (Å²) >= 11 is 0. The molecule has 0 saturated carbocycles. The van der Waals surface area contributed by atoms with E-state index in [9.17, 15) is 18.5 Å². The average Bonchev–Trinajstić information content (AvgIpc) is 2.64. The molecule has 0 fully saturated rings. The second kappa shape index (κ2) is 6.86. The largest absolute Gasteiger partial charge is 0.269 e. The van der Waals surface area contributed by atoms with Crippen LogP contribution in [0.5, 0.6) is 0 Å². The first-order chi connectivity index (χ1) is 12.0. The van der Waals surface area contributed by atoms with Gasteiger partial charge in [0.2, 0.25) is 0 Å². The maximum Gasteiger partial charge on any atom is 0.269 e. The number of nitro benzene ring substituents is 1. The fraction of sp³-hybridized carbons (Fsp3) is 0.0526. The first-order valence-electron chi connectivity index (χ1n) is 7.58. The molecule has 5 nitrogen and oxygen atoms in total. The molecule has 0 N–H and O–H groups in total. The predicted molar refractivity (Wildman–Crippen MR) is 95.0 cm³/mol. The molecule has 1 atom stereocenters. The lowest BCUT2D eigenvalue weighted by Gasteiger charge is -2.19. The van der Waals surface area contributed by atoms with Crippen LogP contribution < -0.4 is 0 Å². The summed E-state index contributed by atoms with van der Waals surface area (Å²) in [5.74, 6) is 0. The topological polar surface area (TPSA) is 77.3 Å². The summed E-state index contributed by atoms with van der Waals surface area (Å²) in [6, 6.07) is 22.7. The number of sulfone groups is 1. The molecule has 3 aromatic rings. The fourth-order valence-corrected chi connectivity index (χ4v) is 4.54. The highest BCUT2D eigenvalue weighted by Gasteiger charge is 2.30. The van der Waals surface area contributed by atoms with Crippen molar-refractivity contribution in [2.75, 3.05) is 0 Å². The Balaban J connectivity index is 2.16. The minimum Gasteiger partial charge on any atom is -0.258 e. The fourth-order valence-electron chi connectivity index (χ4n) is 2.70. The lowest BCUT2D eigenvalue weighted by atomic mass is 10.0. The Hall–Kier alpha value is -2.99. The lowest BCUT2D eigenvalue weighted by molar-refractivity contribution is -0.384. The quantitative estimate of drug-likeness (QED) is 0.510. The van der Waals surface area contributed by atoms with E-state index in [4.69, 9.17) is 0 Å². The van der Waals surface area contributed by atoms with Crippen LogP contribution in [0.4, 0.5) is 5.69 Å². The van der Waals surface area contributed by atoms with Gasteiger partial charge < -0.3 is 0 Å². The van der Waals surface area contributed by atoms with Gasteiger partial charge in [-0.15, -0.1) is 0 Å². The molecular formula is C19H15NO4S. The highest BCUT2D eigenvalue weighted by atomic mass is 32.2. The van der Waals surface area contributed by atoms with Gasteiger partial charge in [-0.25, -0.2) is 8.42 Å². The molecule has 0 saturated heterocycles. The molecule has 3 aromatic carbocycles. The highest BCUT2D eigenvalue weighted by molar-refractivity contribution is 7.91. The number of non-ortho nitro benzene ring substituents is 1. The van der Waals surface area contributed by atoms with Gasteiger partial charge in [-0.2, -0.15) is 0 Å². The van der Waals surface area contributed by atoms with E-state index in [1.54, 1.807) is 54.6 Å². The van der Waals surface area contributed by atoms with Crippen molar-refractivity contribution in [1.29, 1.82) is 0 Å². The van der Waals surface area contributed by atoms with E-state index in [0.717, 1.165) is 0 Å². The third kappa shape index (κ3) is 3.44. The third-order valence-corrected chi connectivity index (χ3v) is 5.99. The van der Waals surface area contributed by atoms with Crippen molar-refractivity contribution in [3.8, 4) is 0 Å². The number of rotatable bonds is 5. The van der Waals surface area contributed by atoms with Crippen molar-refractivity contribution in [2.45, 2.75) is 10.1 Å². The van der Waals surface area contributed by atoms with Crippen LogP contribution in [0.1, 0.15) is 16.4 Å². The van der Waals surface area contributed by atoms with Gasteiger partial charge in [0.15, 0.2) is 9.84 Å². The summed E-state index contributed by atoms with van der Waals surface area (Å²) in [5, 5.41) is 9.92. The molecule has 25 heavy (non-hydrogen) atoms. The molecule has 0 spiro atoms. The van der Waals surface area contributed by atoms with Crippen LogP contribution >= 0.6 is 0 Å². The van der Waals surface area contributed by atoms with Crippen molar-refractivity contribution >= 4 is 15.5 Å². The van der Waals surface area contributed by atoms with Gasteiger partial charge in [0.1, 0.15) is 5.25 Å². The first kappa shape index (κ1) is 16.9. The molecule has 0 amide bonds. The van der Waals surface area contributed by atoms with E-state index in [2.05, 4.69) is 0 Å². The van der Waals surface area contributed by atoms with Crippen molar-refractivity contribution in [3.05, 3.63) is 106 Å². The molecule has 3 rings (SSSR count). The SMILES string of the molecule is O=[N+]([O-])c1ccc(C(c2ccccc2)S(=O)(=O)c2ccccc2)cc1. The standard InChI is InChI=1S/C19H15NO4S/c21-20(22)17-13-11-16(12-14-17)19(15-7-3-1-4-8-15)25(23,24)18-9-5-2-6-10-18/h1-14,19H. The zero-order valence-corrected chi connectivity index (χ0v) is 14.0. The van der Waals surface area contributed by atoms with E-state index < -0.39 is 20.0 Å². The predicted octanol–water partition coefficient (Wildman–Crippen LogP) is 4.16. The maximum absolute atomic E-state index is 13.2. The van der Waals surface area contributed by atoms with Gasteiger partial charge in [-0.1, -0.05) is 60.7 Å². The number of hydrogen-bond acceptors (Lipinski definition) is 4. The summed E-state index contributed by atoms with van der Waals surface area (Å²) in [4.78, 5) is 10.6. The zero-order chi connectivity index (χ0) is 17.9. The Bertz CT molecular complexity index is 969. The normalized spacial score (nSPS) is 12.5. The van der Waals surface area contributed by atoms with Crippen molar-refractivity contribution in [2.24, 2.45) is 0 Å². The molecule has 0 bridgehead atoms. The monoisotopic (exact) mass is 353 g/mol. The van der Waals surface area contributed by atoms with E-state index in [-0.39, 0.29) is 10.6 Å². The Morgan fingerprint density at radius 1 is 0.720 bits per heavy atom. The number of nitrogens with zero attached hydrogens (tertiary/aromatic N) is 1. The molecule has 126 valence electrons. The third-order valence-electron chi connectivity index (χ3n) is 3.89. The summed E-state index contributed by atoms with van der Waals surface area (Å²) in [6.45, 7) is 0. The summed E-state index contributed by atoms with van der Waals surface area (Å²) < 4.78 is 26.4. The Kier molecular flexibility index (Phi) is 4.63. The van der Waals surface area contributed by atoms with Crippen LogP contribution in [0, 0.1) is 10.1 Å². The van der Waals surface area contributed by atoms with E-state index in [1.807, 2.05) is 6.07 Å². The highest BCUT2D eigenvalue weighted by Crippen LogP contribution is 2.35. The molecule has 0 aromatic heterocycles. The van der Waals surface area contributed by atoms with Crippen molar-refractivity contribution < 1.29 is 13.3 Å². The Labute approximate surface area is 145 Å². The molecule has 6 heteroatoms. The van der Waals surface area contributed by atoms with Gasteiger partial charge in [0, 0.05) is 12.1 Å². The van der Waals surface area contributed by atoms with Crippen LogP contribution in [0.3, 0.4) is 0 Å². The van der Waals surface area contributed by atoms with Gasteiger partial charge in [-0.3, -0.25) is 10.1 Å². The first-order valence-corrected chi connectivity index (χ1v) is 9.13. The number of benzene rings is 3. The Morgan fingerprint density at radius 3 is 1.72 bits per heavy atom. The molecular weight excluding hydrogens is 338 g/mol. The van der Waals surface area contributed by atoms with Crippen LogP contribution in [0.2, 0.25) is 0 Å². The van der Waals surface area contributed by atoms with E-state index in [0.29, 0.717) is 11.1 Å². The van der Waals surface area contributed by atoms with E-state index in [1.165, 1.54) is 24.3 Å². The minimum atomic E-state index is -3.71. The second-order valence-corrected chi connectivity index (χ2v) is 7.53. The van der Waals surface area contributed by atoms with E-state index >= 15 is 0 Å². The van der Waals surface area contributed by atoms with Crippen LogP contribution in [0.25, 0.3) is 0 Å². The van der Waals surface area contributed by atoms with Crippen molar-refractivity contribution in [1.82, 2.24) is 0 Å². The molecule has 0 heterocycles. The van der Waals surface area contributed by atoms with Crippen LogP contribution in [-0.2, 0) is 9.84 Å². The molecule has 0 aliphatic heterocycles. The summed E-state index contributed by atoms with van der Waals surface area (Å²) in [5.41, 5.74) is 1.02. The molecule has 0 radical (unpaired) electrons. The van der Waals surface area contributed by atoms with Gasteiger partial charge in [0.25, 0.3) is 5.69 Å². The zero-order valence-electron chi connectivity index (χ0n) is 13.1. The summed E-state index contributed by atoms with van der Waals surface area (Å²) in [6.07, 6.45) is 0. The smallest absolute Gasteiger partial charge is 0.258 e. The van der Waals surface area contributed by atoms with Gasteiger partial charge in [-0.05, 0) is 23.3 Å².